The molecule has 130 valence electrons. The summed E-state index contributed by atoms with van der Waals surface area (Å²) in [6, 6.07) is 10.4. The first-order chi connectivity index (χ1) is 11.4. The SMILES string of the molecule is CCCCCCc1cc(Oc2ccccc2S(=O)(=O)O)ccc1[O-].[Na+]. The van der Waals surface area contributed by atoms with Crippen molar-refractivity contribution in [3.63, 3.8) is 0 Å². The Morgan fingerprint density at radius 2 is 1.80 bits per heavy atom. The predicted molar refractivity (Wildman–Crippen MR) is 90.1 cm³/mol. The first-order valence-corrected chi connectivity index (χ1v) is 9.40. The minimum absolute atomic E-state index is 0. The van der Waals surface area contributed by atoms with Gasteiger partial charge in [0.25, 0.3) is 10.1 Å². The maximum atomic E-state index is 11.9. The zero-order valence-electron chi connectivity index (χ0n) is 14.6. The van der Waals surface area contributed by atoms with E-state index in [9.17, 15) is 18.1 Å². The summed E-state index contributed by atoms with van der Waals surface area (Å²) in [5, 5.41) is 11.9. The number of unbranched alkanes of at least 4 members (excludes halogenated alkanes) is 3. The van der Waals surface area contributed by atoms with E-state index in [0.29, 0.717) is 17.7 Å². The van der Waals surface area contributed by atoms with Crippen molar-refractivity contribution in [2.75, 3.05) is 0 Å². The van der Waals surface area contributed by atoms with E-state index in [-0.39, 0.29) is 46.0 Å². The third kappa shape index (κ3) is 6.64. The predicted octanol–water partition coefficient (Wildman–Crippen LogP) is 0.926. The molecule has 0 amide bonds. The summed E-state index contributed by atoms with van der Waals surface area (Å²) < 4.78 is 37.6. The van der Waals surface area contributed by atoms with E-state index in [1.165, 1.54) is 30.3 Å². The zero-order valence-corrected chi connectivity index (χ0v) is 17.4. The van der Waals surface area contributed by atoms with Crippen LogP contribution in [0.2, 0.25) is 0 Å². The second-order valence-corrected chi connectivity index (χ2v) is 6.99. The zero-order chi connectivity index (χ0) is 17.6. The van der Waals surface area contributed by atoms with Crippen LogP contribution >= 0.6 is 0 Å². The molecule has 5 nitrogen and oxygen atoms in total. The average Bonchev–Trinajstić information content (AvgIpc) is 2.54. The molecule has 0 aliphatic rings. The summed E-state index contributed by atoms with van der Waals surface area (Å²) in [6.45, 7) is 2.13. The van der Waals surface area contributed by atoms with Crippen molar-refractivity contribution in [3.8, 4) is 17.2 Å². The van der Waals surface area contributed by atoms with Crippen LogP contribution in [-0.4, -0.2) is 13.0 Å². The molecule has 0 saturated carbocycles. The number of para-hydroxylation sites is 1. The van der Waals surface area contributed by atoms with E-state index in [0.717, 1.165) is 25.7 Å². The fourth-order valence-electron chi connectivity index (χ4n) is 2.43. The summed E-state index contributed by atoms with van der Waals surface area (Å²) in [7, 11) is -4.38. The van der Waals surface area contributed by atoms with Gasteiger partial charge in [0.1, 0.15) is 16.4 Å². The molecule has 0 spiro atoms. The number of benzene rings is 2. The van der Waals surface area contributed by atoms with Crippen LogP contribution in [0.15, 0.2) is 47.4 Å². The first kappa shape index (κ1) is 22.0. The van der Waals surface area contributed by atoms with Gasteiger partial charge in [-0.3, -0.25) is 4.55 Å². The van der Waals surface area contributed by atoms with Gasteiger partial charge in [-0.05, 0) is 37.1 Å². The molecule has 0 unspecified atom stereocenters. The van der Waals surface area contributed by atoms with Gasteiger partial charge in [0.2, 0.25) is 0 Å². The summed E-state index contributed by atoms with van der Waals surface area (Å²) in [5.41, 5.74) is 0.646. The maximum Gasteiger partial charge on any atom is 1.00 e. The number of ether oxygens (including phenoxy) is 1. The quantitative estimate of drug-likeness (QED) is 0.423. The van der Waals surface area contributed by atoms with Crippen LogP contribution in [0.5, 0.6) is 17.2 Å². The van der Waals surface area contributed by atoms with Crippen molar-refractivity contribution >= 4 is 10.1 Å². The van der Waals surface area contributed by atoms with Crippen molar-refractivity contribution in [1.29, 1.82) is 0 Å². The molecule has 0 bridgehead atoms. The van der Waals surface area contributed by atoms with E-state index in [1.807, 2.05) is 0 Å². The fraction of sp³-hybridized carbons (Fsp3) is 0.333. The second-order valence-electron chi connectivity index (χ2n) is 5.60. The molecule has 0 aromatic heterocycles. The summed E-state index contributed by atoms with van der Waals surface area (Å²) in [4.78, 5) is -0.305. The van der Waals surface area contributed by atoms with E-state index in [2.05, 4.69) is 6.92 Å². The summed E-state index contributed by atoms with van der Waals surface area (Å²) >= 11 is 0. The molecule has 0 radical (unpaired) electrons. The molecule has 0 heterocycles. The molecule has 7 heteroatoms. The topological polar surface area (TPSA) is 86.7 Å². The summed E-state index contributed by atoms with van der Waals surface area (Å²) in [6.07, 6.45) is 4.91. The monoisotopic (exact) mass is 372 g/mol. The Labute approximate surface area is 171 Å². The Morgan fingerprint density at radius 3 is 2.48 bits per heavy atom. The molecule has 25 heavy (non-hydrogen) atoms. The molecule has 2 aromatic carbocycles. The summed E-state index contributed by atoms with van der Waals surface area (Å²) in [5.74, 6) is 0.341. The Morgan fingerprint density at radius 1 is 1.08 bits per heavy atom. The van der Waals surface area contributed by atoms with Crippen LogP contribution in [-0.2, 0) is 16.5 Å². The van der Waals surface area contributed by atoms with Crippen molar-refractivity contribution in [1.82, 2.24) is 0 Å². The van der Waals surface area contributed by atoms with Crippen molar-refractivity contribution in [2.24, 2.45) is 0 Å². The molecular formula is C18H21NaO5S. The largest absolute Gasteiger partial charge is 1.00 e. The van der Waals surface area contributed by atoms with Gasteiger partial charge in [-0.25, -0.2) is 0 Å². The molecule has 0 saturated heterocycles. The van der Waals surface area contributed by atoms with Crippen molar-refractivity contribution in [2.45, 2.75) is 43.9 Å². The molecule has 0 aliphatic carbocycles. The average molecular weight is 372 g/mol. The molecule has 2 rings (SSSR count). The van der Waals surface area contributed by atoms with Crippen molar-refractivity contribution < 1.29 is 52.4 Å². The van der Waals surface area contributed by atoms with E-state index >= 15 is 0 Å². The fourth-order valence-corrected chi connectivity index (χ4v) is 3.05. The molecule has 0 aliphatic heterocycles. The standard InChI is InChI=1S/C18H22O5S.Na/c1-2-3-4-5-8-14-13-15(11-12-16(14)19)23-17-9-6-7-10-18(17)24(20,21)22;/h6-7,9-13,19H,2-5,8H2,1H3,(H,20,21,22);/q;+1/p-1. The Hall–Kier alpha value is -1.05. The van der Waals surface area contributed by atoms with Gasteiger partial charge in [0.05, 0.1) is 0 Å². The van der Waals surface area contributed by atoms with Crippen LogP contribution in [0.1, 0.15) is 38.2 Å². The van der Waals surface area contributed by atoms with Crippen LogP contribution in [0.3, 0.4) is 0 Å². The Bertz CT molecular complexity index is 790. The normalized spacial score (nSPS) is 11.0. The van der Waals surface area contributed by atoms with Gasteiger partial charge in [0, 0.05) is 0 Å². The molecule has 2 aromatic rings. The third-order valence-electron chi connectivity index (χ3n) is 3.69. The van der Waals surface area contributed by atoms with Crippen LogP contribution in [0, 0.1) is 0 Å². The molecule has 0 atom stereocenters. The minimum atomic E-state index is -4.38. The van der Waals surface area contributed by atoms with Gasteiger partial charge in [0.15, 0.2) is 0 Å². The van der Waals surface area contributed by atoms with Gasteiger partial charge < -0.3 is 9.84 Å². The first-order valence-electron chi connectivity index (χ1n) is 7.96. The Kier molecular flexibility index (Phi) is 8.96. The number of hydrogen-bond acceptors (Lipinski definition) is 4. The van der Waals surface area contributed by atoms with E-state index < -0.39 is 10.1 Å². The van der Waals surface area contributed by atoms with E-state index in [1.54, 1.807) is 12.1 Å². The Balaban J connectivity index is 0.00000312. The molecule has 1 N–H and O–H groups in total. The molecular weight excluding hydrogens is 351 g/mol. The number of rotatable bonds is 8. The van der Waals surface area contributed by atoms with Crippen LogP contribution in [0.25, 0.3) is 0 Å². The molecule has 0 fully saturated rings. The third-order valence-corrected chi connectivity index (χ3v) is 4.58. The second kappa shape index (κ2) is 10.2. The van der Waals surface area contributed by atoms with Gasteiger partial charge in [-0.1, -0.05) is 49.9 Å². The number of hydrogen-bond donors (Lipinski definition) is 1. The smallest absolute Gasteiger partial charge is 0.872 e. The number of aryl methyl sites for hydroxylation is 1. The van der Waals surface area contributed by atoms with E-state index in [4.69, 9.17) is 4.74 Å². The van der Waals surface area contributed by atoms with Crippen molar-refractivity contribution in [3.05, 3.63) is 48.0 Å². The van der Waals surface area contributed by atoms with Crippen LogP contribution in [0.4, 0.5) is 0 Å². The van der Waals surface area contributed by atoms with Crippen LogP contribution < -0.4 is 39.4 Å². The van der Waals surface area contributed by atoms with Gasteiger partial charge >= 0.3 is 29.6 Å². The van der Waals surface area contributed by atoms with Gasteiger partial charge in [-0.2, -0.15) is 8.42 Å². The minimum Gasteiger partial charge on any atom is -0.872 e. The van der Waals surface area contributed by atoms with Gasteiger partial charge in [-0.15, -0.1) is 5.75 Å². The maximum absolute atomic E-state index is 11.9.